The van der Waals surface area contributed by atoms with Gasteiger partial charge >= 0.3 is 6.09 Å². The lowest BCUT2D eigenvalue weighted by atomic mass is 9.98. The van der Waals surface area contributed by atoms with Gasteiger partial charge in [0, 0.05) is 10.7 Å². The largest absolute Gasteiger partial charge is 0.446 e. The molecule has 1 fully saturated rings. The fourth-order valence-electron chi connectivity index (χ4n) is 2.05. The smallest absolute Gasteiger partial charge is 0.411 e. The van der Waals surface area contributed by atoms with Crippen LogP contribution in [0.5, 0.6) is 0 Å². The topological polar surface area (TPSA) is 38.3 Å². The molecule has 92 valence electrons. The SMILES string of the molecule is O=C(Nc1cccc(Cl)c1)OC1CCCCC1. The molecule has 0 unspecified atom stereocenters. The number of benzene rings is 1. The highest BCUT2D eigenvalue weighted by Crippen LogP contribution is 2.21. The maximum atomic E-state index is 11.6. The van der Waals surface area contributed by atoms with Gasteiger partial charge < -0.3 is 4.74 Å². The van der Waals surface area contributed by atoms with Gasteiger partial charge in [-0.3, -0.25) is 5.32 Å². The van der Waals surface area contributed by atoms with Crippen LogP contribution in [-0.2, 0) is 4.74 Å². The minimum Gasteiger partial charge on any atom is -0.446 e. The van der Waals surface area contributed by atoms with Gasteiger partial charge in [0.25, 0.3) is 0 Å². The van der Waals surface area contributed by atoms with E-state index in [4.69, 9.17) is 16.3 Å². The number of carbonyl (C=O) groups is 1. The molecule has 0 atom stereocenters. The van der Waals surface area contributed by atoms with Gasteiger partial charge in [-0.25, -0.2) is 4.79 Å². The van der Waals surface area contributed by atoms with Crippen molar-refractivity contribution in [2.45, 2.75) is 38.2 Å². The van der Waals surface area contributed by atoms with E-state index in [0.29, 0.717) is 10.7 Å². The first-order chi connectivity index (χ1) is 8.24. The van der Waals surface area contributed by atoms with Crippen molar-refractivity contribution in [1.82, 2.24) is 0 Å². The summed E-state index contributed by atoms with van der Waals surface area (Å²) in [6, 6.07) is 7.04. The molecule has 0 saturated heterocycles. The van der Waals surface area contributed by atoms with Crippen molar-refractivity contribution in [3.05, 3.63) is 29.3 Å². The van der Waals surface area contributed by atoms with Crippen LogP contribution in [0.2, 0.25) is 5.02 Å². The van der Waals surface area contributed by atoms with E-state index in [9.17, 15) is 4.79 Å². The second-order valence-corrected chi connectivity index (χ2v) is 4.74. The third-order valence-corrected chi connectivity index (χ3v) is 3.13. The minimum atomic E-state index is -0.390. The van der Waals surface area contributed by atoms with Crippen LogP contribution in [0.1, 0.15) is 32.1 Å². The highest BCUT2D eigenvalue weighted by Gasteiger charge is 2.17. The highest BCUT2D eigenvalue weighted by molar-refractivity contribution is 6.30. The third-order valence-electron chi connectivity index (χ3n) is 2.90. The van der Waals surface area contributed by atoms with Gasteiger partial charge in [-0.15, -0.1) is 0 Å². The van der Waals surface area contributed by atoms with E-state index in [1.165, 1.54) is 6.42 Å². The van der Waals surface area contributed by atoms with Gasteiger partial charge in [0.15, 0.2) is 0 Å². The quantitative estimate of drug-likeness (QED) is 0.857. The predicted octanol–water partition coefficient (Wildman–Crippen LogP) is 4.22. The van der Waals surface area contributed by atoms with Crippen molar-refractivity contribution >= 4 is 23.4 Å². The van der Waals surface area contributed by atoms with Crippen LogP contribution in [0, 0.1) is 0 Å². The van der Waals surface area contributed by atoms with Gasteiger partial charge in [-0.05, 0) is 43.9 Å². The number of ether oxygens (including phenoxy) is 1. The van der Waals surface area contributed by atoms with Crippen molar-refractivity contribution in [2.24, 2.45) is 0 Å². The van der Waals surface area contributed by atoms with Crippen LogP contribution in [0.25, 0.3) is 0 Å². The van der Waals surface area contributed by atoms with Gasteiger partial charge in [0.2, 0.25) is 0 Å². The molecule has 1 aromatic carbocycles. The summed E-state index contributed by atoms with van der Waals surface area (Å²) in [6.45, 7) is 0. The predicted molar refractivity (Wildman–Crippen MR) is 68.4 cm³/mol. The van der Waals surface area contributed by atoms with Crippen molar-refractivity contribution in [3.63, 3.8) is 0 Å². The molecular formula is C13H16ClNO2. The maximum absolute atomic E-state index is 11.6. The molecule has 0 spiro atoms. The normalized spacial score (nSPS) is 16.5. The number of rotatable bonds is 2. The average Bonchev–Trinajstić information content (AvgIpc) is 2.30. The molecule has 1 aliphatic carbocycles. The molecule has 0 heterocycles. The summed E-state index contributed by atoms with van der Waals surface area (Å²) in [5.41, 5.74) is 0.665. The van der Waals surface area contributed by atoms with E-state index in [1.807, 2.05) is 0 Å². The minimum absolute atomic E-state index is 0.0722. The van der Waals surface area contributed by atoms with Crippen LogP contribution in [-0.4, -0.2) is 12.2 Å². The van der Waals surface area contributed by atoms with Crippen molar-refractivity contribution in [1.29, 1.82) is 0 Å². The van der Waals surface area contributed by atoms with Crippen LogP contribution in [0.3, 0.4) is 0 Å². The second kappa shape index (κ2) is 5.92. The molecule has 1 aliphatic rings. The average molecular weight is 254 g/mol. The summed E-state index contributed by atoms with van der Waals surface area (Å²) in [5.74, 6) is 0. The number of halogens is 1. The molecule has 1 aromatic rings. The second-order valence-electron chi connectivity index (χ2n) is 4.30. The molecule has 4 heteroatoms. The molecule has 1 amide bonds. The van der Waals surface area contributed by atoms with Crippen molar-refractivity contribution in [2.75, 3.05) is 5.32 Å². The van der Waals surface area contributed by atoms with E-state index < -0.39 is 0 Å². The first-order valence-corrected chi connectivity index (χ1v) is 6.35. The summed E-state index contributed by atoms with van der Waals surface area (Å²) >= 11 is 5.83. The summed E-state index contributed by atoms with van der Waals surface area (Å²) in [6.07, 6.45) is 5.17. The number of carbonyl (C=O) groups excluding carboxylic acids is 1. The fourth-order valence-corrected chi connectivity index (χ4v) is 2.24. The lowest BCUT2D eigenvalue weighted by molar-refractivity contribution is 0.0865. The Balaban J connectivity index is 1.84. The number of hydrogen-bond acceptors (Lipinski definition) is 2. The van der Waals surface area contributed by atoms with Crippen molar-refractivity contribution < 1.29 is 9.53 Å². The Labute approximate surface area is 106 Å². The van der Waals surface area contributed by atoms with Crippen LogP contribution in [0.15, 0.2) is 24.3 Å². The first-order valence-electron chi connectivity index (χ1n) is 5.97. The van der Waals surface area contributed by atoms with Crippen LogP contribution in [0.4, 0.5) is 10.5 Å². The number of nitrogens with one attached hydrogen (secondary N) is 1. The van der Waals surface area contributed by atoms with Gasteiger partial charge in [-0.2, -0.15) is 0 Å². The summed E-state index contributed by atoms with van der Waals surface area (Å²) < 4.78 is 5.34. The van der Waals surface area contributed by atoms with Crippen LogP contribution >= 0.6 is 11.6 Å². The Morgan fingerprint density at radius 1 is 1.29 bits per heavy atom. The van der Waals surface area contributed by atoms with E-state index in [-0.39, 0.29) is 12.2 Å². The van der Waals surface area contributed by atoms with E-state index in [2.05, 4.69) is 5.32 Å². The Kier molecular flexibility index (Phi) is 4.26. The monoisotopic (exact) mass is 253 g/mol. The summed E-state index contributed by atoms with van der Waals surface area (Å²) in [5, 5.41) is 3.28. The number of amides is 1. The molecule has 1 N–H and O–H groups in total. The zero-order valence-electron chi connectivity index (χ0n) is 9.62. The first kappa shape index (κ1) is 12.2. The summed E-state index contributed by atoms with van der Waals surface area (Å²) in [7, 11) is 0. The molecule has 0 bridgehead atoms. The highest BCUT2D eigenvalue weighted by atomic mass is 35.5. The Morgan fingerprint density at radius 3 is 2.76 bits per heavy atom. The molecule has 1 saturated carbocycles. The molecule has 3 nitrogen and oxygen atoms in total. The van der Waals surface area contributed by atoms with Crippen LogP contribution < -0.4 is 5.32 Å². The zero-order chi connectivity index (χ0) is 12.1. The standard InChI is InChI=1S/C13H16ClNO2/c14-10-5-4-6-11(9-10)15-13(16)17-12-7-2-1-3-8-12/h4-6,9,12H,1-3,7-8H2,(H,15,16). The Hall–Kier alpha value is -1.22. The maximum Gasteiger partial charge on any atom is 0.411 e. The molecule has 0 aliphatic heterocycles. The van der Waals surface area contributed by atoms with E-state index in [0.717, 1.165) is 25.7 Å². The van der Waals surface area contributed by atoms with E-state index >= 15 is 0 Å². The van der Waals surface area contributed by atoms with Crippen molar-refractivity contribution in [3.8, 4) is 0 Å². The Morgan fingerprint density at radius 2 is 2.06 bits per heavy atom. The van der Waals surface area contributed by atoms with E-state index in [1.54, 1.807) is 24.3 Å². The molecular weight excluding hydrogens is 238 g/mol. The number of anilines is 1. The summed E-state index contributed by atoms with van der Waals surface area (Å²) in [4.78, 5) is 11.6. The van der Waals surface area contributed by atoms with Gasteiger partial charge in [0.1, 0.15) is 6.10 Å². The Bertz CT molecular complexity index is 389. The fraction of sp³-hybridized carbons (Fsp3) is 0.462. The molecule has 17 heavy (non-hydrogen) atoms. The lowest BCUT2D eigenvalue weighted by Gasteiger charge is -2.21. The van der Waals surface area contributed by atoms with Gasteiger partial charge in [-0.1, -0.05) is 24.1 Å². The number of hydrogen-bond donors (Lipinski definition) is 1. The van der Waals surface area contributed by atoms with Gasteiger partial charge in [0.05, 0.1) is 0 Å². The molecule has 0 radical (unpaired) electrons. The molecule has 0 aromatic heterocycles. The zero-order valence-corrected chi connectivity index (χ0v) is 10.4. The third kappa shape index (κ3) is 3.93. The molecule has 2 rings (SSSR count). The lowest BCUT2D eigenvalue weighted by Crippen LogP contribution is -2.24.